The van der Waals surface area contributed by atoms with E-state index in [1.807, 2.05) is 18.7 Å². The van der Waals surface area contributed by atoms with Gasteiger partial charge in [0.2, 0.25) is 0 Å². The molecule has 5 heteroatoms. The Morgan fingerprint density at radius 3 is 2.79 bits per heavy atom. The van der Waals surface area contributed by atoms with Crippen molar-refractivity contribution in [2.24, 2.45) is 0 Å². The van der Waals surface area contributed by atoms with Crippen LogP contribution in [0.15, 0.2) is 12.1 Å². The summed E-state index contributed by atoms with van der Waals surface area (Å²) in [7, 11) is 0. The Hall–Kier alpha value is -1.67. The number of halogens is 2. The van der Waals surface area contributed by atoms with E-state index in [4.69, 9.17) is 10.00 Å². The van der Waals surface area contributed by atoms with Crippen LogP contribution in [0, 0.1) is 23.0 Å². The van der Waals surface area contributed by atoms with E-state index in [0.717, 1.165) is 6.42 Å². The predicted octanol–water partition coefficient (Wildman–Crippen LogP) is 2.84. The number of benzene rings is 1. The number of ether oxygens (including phenoxy) is 1. The van der Waals surface area contributed by atoms with Gasteiger partial charge in [-0.3, -0.25) is 0 Å². The van der Waals surface area contributed by atoms with Gasteiger partial charge in [-0.2, -0.15) is 5.26 Å². The lowest BCUT2D eigenvalue weighted by Gasteiger charge is -2.40. The zero-order valence-electron chi connectivity index (χ0n) is 11.0. The summed E-state index contributed by atoms with van der Waals surface area (Å²) in [5, 5.41) is 8.69. The van der Waals surface area contributed by atoms with Crippen molar-refractivity contribution < 1.29 is 13.5 Å². The van der Waals surface area contributed by atoms with Crippen LogP contribution in [-0.2, 0) is 4.74 Å². The number of hydrogen-bond acceptors (Lipinski definition) is 3. The van der Waals surface area contributed by atoms with Gasteiger partial charge in [0.1, 0.15) is 6.07 Å². The van der Waals surface area contributed by atoms with Gasteiger partial charge in [0, 0.05) is 6.54 Å². The van der Waals surface area contributed by atoms with Crippen molar-refractivity contribution in [3.05, 3.63) is 29.3 Å². The van der Waals surface area contributed by atoms with Crippen LogP contribution < -0.4 is 4.90 Å². The third-order valence-electron chi connectivity index (χ3n) is 3.43. The molecule has 1 fully saturated rings. The fraction of sp³-hybridized carbons (Fsp3) is 0.500. The van der Waals surface area contributed by atoms with Crippen LogP contribution in [0.3, 0.4) is 0 Å². The predicted molar refractivity (Wildman–Crippen MR) is 67.9 cm³/mol. The highest BCUT2D eigenvalue weighted by Crippen LogP contribution is 2.28. The summed E-state index contributed by atoms with van der Waals surface area (Å²) < 4.78 is 33.3. The molecule has 1 aliphatic rings. The molecule has 102 valence electrons. The van der Waals surface area contributed by atoms with Gasteiger partial charge < -0.3 is 9.64 Å². The van der Waals surface area contributed by atoms with Crippen LogP contribution in [0.1, 0.15) is 25.8 Å². The maximum atomic E-state index is 14.1. The molecule has 1 aliphatic heterocycles. The smallest absolute Gasteiger partial charge is 0.183 e. The summed E-state index contributed by atoms with van der Waals surface area (Å²) in [4.78, 5) is 1.83. The monoisotopic (exact) mass is 266 g/mol. The van der Waals surface area contributed by atoms with Gasteiger partial charge in [-0.15, -0.1) is 0 Å². The first-order valence-corrected chi connectivity index (χ1v) is 6.34. The first-order valence-electron chi connectivity index (χ1n) is 6.34. The third kappa shape index (κ3) is 2.54. The van der Waals surface area contributed by atoms with Crippen LogP contribution in [0.4, 0.5) is 14.5 Å². The summed E-state index contributed by atoms with van der Waals surface area (Å²) in [6.45, 7) is 4.89. The molecule has 2 rings (SSSR count). The van der Waals surface area contributed by atoms with E-state index in [1.54, 1.807) is 6.07 Å². The van der Waals surface area contributed by atoms with Crippen molar-refractivity contribution in [3.8, 4) is 6.07 Å². The molecule has 0 amide bonds. The first-order chi connectivity index (χ1) is 9.08. The molecule has 19 heavy (non-hydrogen) atoms. The Balaban J connectivity index is 2.40. The molecule has 2 atom stereocenters. The topological polar surface area (TPSA) is 36.3 Å². The van der Waals surface area contributed by atoms with Crippen molar-refractivity contribution in [3.63, 3.8) is 0 Å². The average molecular weight is 266 g/mol. The van der Waals surface area contributed by atoms with E-state index >= 15 is 0 Å². The summed E-state index contributed by atoms with van der Waals surface area (Å²) in [5.74, 6) is -2.03. The number of hydrogen-bond donors (Lipinski definition) is 0. The number of morpholine rings is 1. The number of rotatable bonds is 2. The molecular formula is C14H16F2N2O. The van der Waals surface area contributed by atoms with Crippen molar-refractivity contribution in [1.29, 1.82) is 5.26 Å². The summed E-state index contributed by atoms with van der Waals surface area (Å²) in [6, 6.07) is 4.46. The Morgan fingerprint density at radius 2 is 2.16 bits per heavy atom. The zero-order chi connectivity index (χ0) is 14.0. The minimum Gasteiger partial charge on any atom is -0.375 e. The third-order valence-corrected chi connectivity index (χ3v) is 3.43. The Bertz CT molecular complexity index is 513. The van der Waals surface area contributed by atoms with Crippen molar-refractivity contribution in [2.75, 3.05) is 18.1 Å². The second-order valence-corrected chi connectivity index (χ2v) is 4.73. The van der Waals surface area contributed by atoms with Gasteiger partial charge in [0.05, 0.1) is 30.0 Å². The van der Waals surface area contributed by atoms with E-state index in [2.05, 4.69) is 0 Å². The Kier molecular flexibility index (Phi) is 4.01. The Morgan fingerprint density at radius 1 is 1.42 bits per heavy atom. The van der Waals surface area contributed by atoms with Gasteiger partial charge in [-0.05, 0) is 25.5 Å². The van der Waals surface area contributed by atoms with Gasteiger partial charge in [0.25, 0.3) is 0 Å². The summed E-state index contributed by atoms with van der Waals surface area (Å²) in [6.07, 6.45) is 0.759. The molecule has 2 unspecified atom stereocenters. The summed E-state index contributed by atoms with van der Waals surface area (Å²) >= 11 is 0. The van der Waals surface area contributed by atoms with Crippen LogP contribution in [0.5, 0.6) is 0 Å². The highest BCUT2D eigenvalue weighted by atomic mass is 19.2. The van der Waals surface area contributed by atoms with Crippen LogP contribution >= 0.6 is 0 Å². The number of nitrogens with zero attached hydrogens (tertiary/aromatic N) is 2. The van der Waals surface area contributed by atoms with Gasteiger partial charge in [-0.25, -0.2) is 8.78 Å². The van der Waals surface area contributed by atoms with Crippen molar-refractivity contribution >= 4 is 5.69 Å². The summed E-state index contributed by atoms with van der Waals surface area (Å²) in [5.41, 5.74) is -0.0610. The minimum absolute atomic E-state index is 0.0260. The molecule has 0 aromatic heterocycles. The molecule has 1 aromatic rings. The lowest BCUT2D eigenvalue weighted by Crippen LogP contribution is -2.49. The van der Waals surface area contributed by atoms with Crippen LogP contribution in [-0.4, -0.2) is 25.3 Å². The quantitative estimate of drug-likeness (QED) is 0.825. The number of nitriles is 1. The molecule has 0 radical (unpaired) electrons. The van der Waals surface area contributed by atoms with Crippen LogP contribution in [0.2, 0.25) is 0 Å². The van der Waals surface area contributed by atoms with Crippen molar-refractivity contribution in [1.82, 2.24) is 0 Å². The molecule has 0 N–H and O–H groups in total. The highest BCUT2D eigenvalue weighted by Gasteiger charge is 2.29. The molecule has 3 nitrogen and oxygen atoms in total. The molecule has 1 saturated heterocycles. The second kappa shape index (κ2) is 5.54. The van der Waals surface area contributed by atoms with E-state index < -0.39 is 11.6 Å². The van der Waals surface area contributed by atoms with Crippen LogP contribution in [0.25, 0.3) is 0 Å². The van der Waals surface area contributed by atoms with E-state index in [1.165, 1.54) is 12.1 Å². The number of anilines is 1. The molecule has 1 aromatic carbocycles. The van der Waals surface area contributed by atoms with E-state index in [9.17, 15) is 8.78 Å². The fourth-order valence-electron chi connectivity index (χ4n) is 2.32. The first kappa shape index (κ1) is 13.8. The van der Waals surface area contributed by atoms with Crippen molar-refractivity contribution in [2.45, 2.75) is 32.4 Å². The molecule has 0 aliphatic carbocycles. The lowest BCUT2D eigenvalue weighted by molar-refractivity contribution is 0.0296. The van der Waals surface area contributed by atoms with Gasteiger partial charge in [-0.1, -0.05) is 6.92 Å². The molecule has 0 bridgehead atoms. The molecule has 0 spiro atoms. The zero-order valence-corrected chi connectivity index (χ0v) is 11.0. The SMILES string of the molecule is CCC1COC(C)CN1c1ccc(C#N)c(F)c1F. The lowest BCUT2D eigenvalue weighted by atomic mass is 10.1. The van der Waals surface area contributed by atoms with Gasteiger partial charge >= 0.3 is 0 Å². The van der Waals surface area contributed by atoms with Gasteiger partial charge in [0.15, 0.2) is 11.6 Å². The normalized spacial score (nSPS) is 23.2. The molecule has 0 saturated carbocycles. The fourth-order valence-corrected chi connectivity index (χ4v) is 2.32. The second-order valence-electron chi connectivity index (χ2n) is 4.73. The average Bonchev–Trinajstić information content (AvgIpc) is 2.42. The standard InChI is InChI=1S/C14H16F2N2O/c1-3-11-8-19-9(2)7-18(11)12-5-4-10(6-17)13(15)14(12)16/h4-5,9,11H,3,7-8H2,1-2H3. The highest BCUT2D eigenvalue weighted by molar-refractivity contribution is 5.53. The van der Waals surface area contributed by atoms with E-state index in [0.29, 0.717) is 13.2 Å². The minimum atomic E-state index is -1.08. The molecule has 1 heterocycles. The molecular weight excluding hydrogens is 250 g/mol. The maximum absolute atomic E-state index is 14.1. The Labute approximate surface area is 111 Å². The largest absolute Gasteiger partial charge is 0.375 e. The maximum Gasteiger partial charge on any atom is 0.183 e. The van der Waals surface area contributed by atoms with E-state index in [-0.39, 0.29) is 23.4 Å².